The lowest BCUT2D eigenvalue weighted by Crippen LogP contribution is -2.50. The van der Waals surface area contributed by atoms with Crippen molar-refractivity contribution in [1.29, 1.82) is 0 Å². The van der Waals surface area contributed by atoms with E-state index in [2.05, 4.69) is 4.90 Å². The molecule has 1 saturated heterocycles. The number of piperidine rings is 1. The minimum atomic E-state index is -0.326. The second-order valence-electron chi connectivity index (χ2n) is 6.28. The Balaban J connectivity index is 1.79. The molecule has 0 unspecified atom stereocenters. The predicted molar refractivity (Wildman–Crippen MR) is 73.6 cm³/mol. The lowest BCUT2D eigenvalue weighted by atomic mass is 9.78. The molecule has 1 heterocycles. The summed E-state index contributed by atoms with van der Waals surface area (Å²) in [6.07, 6.45) is 8.11. The van der Waals surface area contributed by atoms with E-state index < -0.39 is 0 Å². The van der Waals surface area contributed by atoms with Crippen LogP contribution in [0.3, 0.4) is 0 Å². The minimum Gasteiger partial charge on any atom is -0.389 e. The van der Waals surface area contributed by atoms with Crippen molar-refractivity contribution >= 4 is 0 Å². The molecule has 1 aliphatic carbocycles. The standard InChI is InChI=1S/C15H29NO2/c1-12(2)18-11-14(17)10-16-9-5-7-13-6-3-4-8-15(13)16/h12-15,17H,3-11H2,1-2H3/t13-,14+,15-/m0/s1. The van der Waals surface area contributed by atoms with E-state index in [9.17, 15) is 5.11 Å². The Labute approximate surface area is 112 Å². The summed E-state index contributed by atoms with van der Waals surface area (Å²) in [6.45, 7) is 6.48. The van der Waals surface area contributed by atoms with Crippen molar-refractivity contribution in [3.63, 3.8) is 0 Å². The van der Waals surface area contributed by atoms with Crippen molar-refractivity contribution in [1.82, 2.24) is 4.90 Å². The molecule has 2 aliphatic rings. The quantitative estimate of drug-likeness (QED) is 0.819. The highest BCUT2D eigenvalue weighted by atomic mass is 16.5. The van der Waals surface area contributed by atoms with Gasteiger partial charge in [-0.2, -0.15) is 0 Å². The van der Waals surface area contributed by atoms with Crippen LogP contribution >= 0.6 is 0 Å². The number of aliphatic hydroxyl groups is 1. The average molecular weight is 255 g/mol. The van der Waals surface area contributed by atoms with Crippen molar-refractivity contribution in [3.8, 4) is 0 Å². The molecule has 3 nitrogen and oxygen atoms in total. The Morgan fingerprint density at radius 1 is 1.17 bits per heavy atom. The van der Waals surface area contributed by atoms with Gasteiger partial charge in [0.1, 0.15) is 0 Å². The van der Waals surface area contributed by atoms with Crippen molar-refractivity contribution in [2.75, 3.05) is 19.7 Å². The molecule has 3 heteroatoms. The van der Waals surface area contributed by atoms with Crippen LogP contribution in [0.25, 0.3) is 0 Å². The molecule has 0 amide bonds. The van der Waals surface area contributed by atoms with Gasteiger partial charge in [-0.25, -0.2) is 0 Å². The number of likely N-dealkylation sites (tertiary alicyclic amines) is 1. The molecule has 1 aliphatic heterocycles. The Morgan fingerprint density at radius 2 is 1.89 bits per heavy atom. The van der Waals surface area contributed by atoms with Crippen molar-refractivity contribution < 1.29 is 9.84 Å². The van der Waals surface area contributed by atoms with Crippen LogP contribution in [-0.2, 0) is 4.74 Å². The predicted octanol–water partition coefficient (Wildman–Crippen LogP) is 2.43. The van der Waals surface area contributed by atoms with Gasteiger partial charge in [-0.05, 0) is 52.0 Å². The Bertz CT molecular complexity index is 243. The van der Waals surface area contributed by atoms with Gasteiger partial charge in [0, 0.05) is 12.6 Å². The first kappa shape index (κ1) is 14.3. The second-order valence-corrected chi connectivity index (χ2v) is 6.28. The van der Waals surface area contributed by atoms with E-state index in [0.29, 0.717) is 6.61 Å². The summed E-state index contributed by atoms with van der Waals surface area (Å²) in [7, 11) is 0. The number of hydrogen-bond acceptors (Lipinski definition) is 3. The number of rotatable bonds is 5. The summed E-state index contributed by atoms with van der Waals surface area (Å²) in [6, 6.07) is 0.737. The van der Waals surface area contributed by atoms with Crippen LogP contribution in [0, 0.1) is 5.92 Å². The number of ether oxygens (including phenoxy) is 1. The molecule has 18 heavy (non-hydrogen) atoms. The van der Waals surface area contributed by atoms with Gasteiger partial charge in [0.05, 0.1) is 18.8 Å². The molecule has 1 saturated carbocycles. The zero-order chi connectivity index (χ0) is 13.0. The summed E-state index contributed by atoms with van der Waals surface area (Å²) >= 11 is 0. The maximum Gasteiger partial charge on any atom is 0.0900 e. The molecular formula is C15H29NO2. The Morgan fingerprint density at radius 3 is 2.67 bits per heavy atom. The van der Waals surface area contributed by atoms with E-state index in [1.165, 1.54) is 45.1 Å². The topological polar surface area (TPSA) is 32.7 Å². The van der Waals surface area contributed by atoms with Crippen LogP contribution in [0.4, 0.5) is 0 Å². The molecule has 0 radical (unpaired) electrons. The lowest BCUT2D eigenvalue weighted by Gasteiger charge is -2.44. The van der Waals surface area contributed by atoms with E-state index in [0.717, 1.165) is 18.5 Å². The summed E-state index contributed by atoms with van der Waals surface area (Å²) in [5, 5.41) is 10.1. The number of β-amino-alcohol motifs (C(OH)–C–C–N with tert-alkyl or cyclic N) is 1. The lowest BCUT2D eigenvalue weighted by molar-refractivity contribution is -0.0308. The number of fused-ring (bicyclic) bond motifs is 1. The van der Waals surface area contributed by atoms with Crippen LogP contribution in [0.1, 0.15) is 52.4 Å². The van der Waals surface area contributed by atoms with Gasteiger partial charge in [0.2, 0.25) is 0 Å². The largest absolute Gasteiger partial charge is 0.389 e. The highest BCUT2D eigenvalue weighted by molar-refractivity contribution is 4.88. The molecule has 1 N–H and O–H groups in total. The number of nitrogens with zero attached hydrogens (tertiary/aromatic N) is 1. The average Bonchev–Trinajstić information content (AvgIpc) is 2.37. The summed E-state index contributed by atoms with van der Waals surface area (Å²) < 4.78 is 5.50. The molecule has 3 atom stereocenters. The molecule has 0 bridgehead atoms. The van der Waals surface area contributed by atoms with Gasteiger partial charge in [-0.1, -0.05) is 12.8 Å². The third kappa shape index (κ3) is 3.94. The van der Waals surface area contributed by atoms with Crippen molar-refractivity contribution in [3.05, 3.63) is 0 Å². The van der Waals surface area contributed by atoms with Gasteiger partial charge in [0.25, 0.3) is 0 Å². The Kier molecular flexibility index (Phi) is 5.46. The van der Waals surface area contributed by atoms with Crippen LogP contribution in [0.15, 0.2) is 0 Å². The highest BCUT2D eigenvalue weighted by Crippen LogP contribution is 2.35. The minimum absolute atomic E-state index is 0.212. The maximum atomic E-state index is 10.1. The normalized spacial score (nSPS) is 31.3. The first-order chi connectivity index (χ1) is 8.66. The van der Waals surface area contributed by atoms with Crippen LogP contribution in [0.5, 0.6) is 0 Å². The molecule has 2 rings (SSSR count). The van der Waals surface area contributed by atoms with Gasteiger partial charge in [-0.15, -0.1) is 0 Å². The van der Waals surface area contributed by atoms with E-state index in [4.69, 9.17) is 4.74 Å². The fourth-order valence-corrected chi connectivity index (χ4v) is 3.58. The zero-order valence-electron chi connectivity index (χ0n) is 12.0. The molecule has 0 spiro atoms. The van der Waals surface area contributed by atoms with E-state index in [-0.39, 0.29) is 12.2 Å². The first-order valence-electron chi connectivity index (χ1n) is 7.70. The van der Waals surface area contributed by atoms with Crippen LogP contribution in [0.2, 0.25) is 0 Å². The summed E-state index contributed by atoms with van der Waals surface area (Å²) in [4.78, 5) is 2.53. The number of hydrogen-bond donors (Lipinski definition) is 1. The fraction of sp³-hybridized carbons (Fsp3) is 1.00. The monoisotopic (exact) mass is 255 g/mol. The smallest absolute Gasteiger partial charge is 0.0900 e. The van der Waals surface area contributed by atoms with Gasteiger partial charge < -0.3 is 9.84 Å². The van der Waals surface area contributed by atoms with Crippen molar-refractivity contribution in [2.45, 2.75) is 70.6 Å². The maximum absolute atomic E-state index is 10.1. The van der Waals surface area contributed by atoms with Gasteiger partial charge in [0.15, 0.2) is 0 Å². The van der Waals surface area contributed by atoms with E-state index >= 15 is 0 Å². The highest BCUT2D eigenvalue weighted by Gasteiger charge is 2.33. The van der Waals surface area contributed by atoms with Gasteiger partial charge >= 0.3 is 0 Å². The molecule has 0 aromatic heterocycles. The third-order valence-electron chi connectivity index (χ3n) is 4.43. The summed E-state index contributed by atoms with van der Waals surface area (Å²) in [5.41, 5.74) is 0. The van der Waals surface area contributed by atoms with Gasteiger partial charge in [-0.3, -0.25) is 4.90 Å². The molecule has 0 aromatic carbocycles. The second kappa shape index (κ2) is 6.88. The summed E-state index contributed by atoms with van der Waals surface area (Å²) in [5.74, 6) is 0.894. The third-order valence-corrected chi connectivity index (χ3v) is 4.43. The number of aliphatic hydroxyl groups excluding tert-OH is 1. The van der Waals surface area contributed by atoms with Crippen LogP contribution in [-0.4, -0.2) is 48.0 Å². The molecule has 106 valence electrons. The molecule has 2 fully saturated rings. The first-order valence-corrected chi connectivity index (χ1v) is 7.70. The zero-order valence-corrected chi connectivity index (χ0v) is 12.0. The van der Waals surface area contributed by atoms with Crippen LogP contribution < -0.4 is 0 Å². The Hall–Kier alpha value is -0.120. The van der Waals surface area contributed by atoms with Crippen molar-refractivity contribution in [2.24, 2.45) is 5.92 Å². The molecular weight excluding hydrogens is 226 g/mol. The SMILES string of the molecule is CC(C)OC[C@H](O)CN1CCC[C@@H]2CCCC[C@@H]21. The van der Waals surface area contributed by atoms with E-state index in [1.807, 2.05) is 13.8 Å². The fourth-order valence-electron chi connectivity index (χ4n) is 3.58. The molecule has 0 aromatic rings. The van der Waals surface area contributed by atoms with E-state index in [1.54, 1.807) is 0 Å².